The number of halogens is 6. The molecule has 1 aliphatic carbocycles. The van der Waals surface area contributed by atoms with Crippen LogP contribution in [-0.4, -0.2) is 51.0 Å². The molecule has 0 radical (unpaired) electrons. The SMILES string of the molecule is CCc1nc(C(=O)NC[C@H]2CC[C@H](C)C[C@@H]2O)c(Cl)n1-c1ncc(CC(C)C(F)(F)F)cc1OC(F)F. The molecule has 13 heteroatoms. The molecule has 1 aliphatic rings. The van der Waals surface area contributed by atoms with Crippen LogP contribution in [0.4, 0.5) is 22.0 Å². The fourth-order valence-corrected chi connectivity index (χ4v) is 4.72. The third-order valence-electron chi connectivity index (χ3n) is 6.58. The first-order valence-corrected chi connectivity index (χ1v) is 12.4. The number of nitrogens with zero attached hydrogens (tertiary/aromatic N) is 3. The first-order valence-electron chi connectivity index (χ1n) is 12.1. The maximum atomic E-state index is 13.2. The fraction of sp³-hybridized carbons (Fsp3) is 0.625. The van der Waals surface area contributed by atoms with Gasteiger partial charge in [-0.3, -0.25) is 9.36 Å². The summed E-state index contributed by atoms with van der Waals surface area (Å²) >= 11 is 6.46. The molecular formula is C24H30ClF5N4O3. The first kappa shape index (κ1) is 29.1. The number of carbonyl (C=O) groups excluding carboxylic acids is 1. The normalized spacial score (nSPS) is 21.2. The Balaban J connectivity index is 1.90. The second kappa shape index (κ2) is 11.9. The predicted octanol–water partition coefficient (Wildman–Crippen LogP) is 5.35. The van der Waals surface area contributed by atoms with Crippen molar-refractivity contribution in [2.45, 2.75) is 71.8 Å². The maximum Gasteiger partial charge on any atom is 0.391 e. The molecule has 37 heavy (non-hydrogen) atoms. The van der Waals surface area contributed by atoms with Gasteiger partial charge in [0.15, 0.2) is 17.3 Å². The van der Waals surface area contributed by atoms with Crippen molar-refractivity contribution in [3.8, 4) is 11.6 Å². The summed E-state index contributed by atoms with van der Waals surface area (Å²) < 4.78 is 71.0. The molecule has 3 rings (SSSR count). The van der Waals surface area contributed by atoms with E-state index in [4.69, 9.17) is 11.6 Å². The van der Waals surface area contributed by atoms with Crippen molar-refractivity contribution in [2.75, 3.05) is 6.54 Å². The Labute approximate surface area is 216 Å². The number of aromatic nitrogens is 3. The lowest BCUT2D eigenvalue weighted by Crippen LogP contribution is -2.38. The highest BCUT2D eigenvalue weighted by Gasteiger charge is 2.36. The van der Waals surface area contributed by atoms with Gasteiger partial charge in [-0.05, 0) is 36.8 Å². The molecule has 2 aromatic heterocycles. The van der Waals surface area contributed by atoms with Crippen LogP contribution in [0.3, 0.4) is 0 Å². The number of pyridine rings is 1. The number of aliphatic hydroxyl groups excluding tert-OH is 1. The predicted molar refractivity (Wildman–Crippen MR) is 126 cm³/mol. The van der Waals surface area contributed by atoms with Gasteiger partial charge in [0.1, 0.15) is 11.0 Å². The van der Waals surface area contributed by atoms with E-state index in [1.54, 1.807) is 6.92 Å². The van der Waals surface area contributed by atoms with E-state index in [0.29, 0.717) is 12.3 Å². The Bertz CT molecular complexity index is 1100. The van der Waals surface area contributed by atoms with Gasteiger partial charge in [-0.2, -0.15) is 22.0 Å². The fourth-order valence-electron chi connectivity index (χ4n) is 4.41. The smallest absolute Gasteiger partial charge is 0.391 e. The van der Waals surface area contributed by atoms with E-state index in [2.05, 4.69) is 26.9 Å². The van der Waals surface area contributed by atoms with E-state index in [-0.39, 0.29) is 46.9 Å². The topological polar surface area (TPSA) is 89.3 Å². The molecule has 2 N–H and O–H groups in total. The standard InChI is InChI=1S/C24H30ClF5N4O3/c1-4-18-33-19(22(36)32-11-15-6-5-12(2)7-16(15)35)20(25)34(18)21-17(37-23(26)27)9-14(10-31-21)8-13(3)24(28,29)30/h9-10,12-13,15-16,23,35H,4-8,11H2,1-3H3,(H,32,36)/t12-,13?,15+,16-/m0/s1. The minimum Gasteiger partial charge on any atom is -0.431 e. The highest BCUT2D eigenvalue weighted by Crippen LogP contribution is 2.34. The number of alkyl halides is 5. The van der Waals surface area contributed by atoms with Gasteiger partial charge < -0.3 is 15.2 Å². The summed E-state index contributed by atoms with van der Waals surface area (Å²) in [6.07, 6.45) is -1.82. The summed E-state index contributed by atoms with van der Waals surface area (Å²) in [6, 6.07) is 1.05. The summed E-state index contributed by atoms with van der Waals surface area (Å²) in [5.41, 5.74) is -0.131. The summed E-state index contributed by atoms with van der Waals surface area (Å²) in [5.74, 6) is -2.58. The van der Waals surface area contributed by atoms with Crippen LogP contribution in [0.15, 0.2) is 12.3 Å². The monoisotopic (exact) mass is 552 g/mol. The first-order chi connectivity index (χ1) is 17.3. The average molecular weight is 553 g/mol. The van der Waals surface area contributed by atoms with Crippen LogP contribution >= 0.6 is 11.6 Å². The van der Waals surface area contributed by atoms with Crippen LogP contribution in [0.25, 0.3) is 5.82 Å². The number of nitrogens with one attached hydrogen (secondary N) is 1. The zero-order valence-corrected chi connectivity index (χ0v) is 21.4. The Hall–Kier alpha value is -2.47. The Kier molecular flexibility index (Phi) is 9.38. The van der Waals surface area contributed by atoms with Gasteiger partial charge in [-0.25, -0.2) is 9.97 Å². The number of hydrogen-bond acceptors (Lipinski definition) is 5. The molecule has 1 fully saturated rings. The van der Waals surface area contributed by atoms with Gasteiger partial charge in [-0.15, -0.1) is 0 Å². The lowest BCUT2D eigenvalue weighted by atomic mass is 9.81. The zero-order chi connectivity index (χ0) is 27.5. The van der Waals surface area contributed by atoms with Crippen LogP contribution in [0.5, 0.6) is 5.75 Å². The summed E-state index contributed by atoms with van der Waals surface area (Å²) in [5, 5.41) is 12.8. The van der Waals surface area contributed by atoms with Gasteiger partial charge in [0.05, 0.1) is 12.0 Å². The molecular weight excluding hydrogens is 523 g/mol. The van der Waals surface area contributed by atoms with Gasteiger partial charge in [0.25, 0.3) is 5.91 Å². The van der Waals surface area contributed by atoms with Crippen LogP contribution in [-0.2, 0) is 12.8 Å². The molecule has 0 spiro atoms. The molecule has 0 aromatic carbocycles. The van der Waals surface area contributed by atoms with Crippen LogP contribution < -0.4 is 10.1 Å². The molecule has 0 saturated heterocycles. The highest BCUT2D eigenvalue weighted by atomic mass is 35.5. The molecule has 0 aliphatic heterocycles. The largest absolute Gasteiger partial charge is 0.431 e. The van der Waals surface area contributed by atoms with Crippen LogP contribution in [0.2, 0.25) is 5.15 Å². The van der Waals surface area contributed by atoms with Crippen molar-refractivity contribution in [3.05, 3.63) is 34.5 Å². The number of imidazole rings is 1. The lowest BCUT2D eigenvalue weighted by molar-refractivity contribution is -0.169. The van der Waals surface area contributed by atoms with E-state index in [1.165, 1.54) is 4.57 Å². The Morgan fingerprint density at radius 2 is 2.05 bits per heavy atom. The lowest BCUT2D eigenvalue weighted by Gasteiger charge is -2.31. The van der Waals surface area contributed by atoms with E-state index in [0.717, 1.165) is 32.0 Å². The molecule has 2 aromatic rings. The summed E-state index contributed by atoms with van der Waals surface area (Å²) in [6.45, 7) is 1.66. The quantitative estimate of drug-likeness (QED) is 0.409. The van der Waals surface area contributed by atoms with Gasteiger partial charge >= 0.3 is 12.8 Å². The number of amides is 1. The number of carbonyl (C=O) groups is 1. The third-order valence-corrected chi connectivity index (χ3v) is 6.93. The number of hydrogen-bond donors (Lipinski definition) is 2. The van der Waals surface area contributed by atoms with E-state index < -0.39 is 42.9 Å². The number of ether oxygens (including phenoxy) is 1. The van der Waals surface area contributed by atoms with Crippen LogP contribution in [0, 0.1) is 17.8 Å². The molecule has 0 bridgehead atoms. The number of rotatable bonds is 9. The Morgan fingerprint density at radius 3 is 2.65 bits per heavy atom. The number of aryl methyl sites for hydroxylation is 1. The highest BCUT2D eigenvalue weighted by molar-refractivity contribution is 6.32. The van der Waals surface area contributed by atoms with E-state index >= 15 is 0 Å². The van der Waals surface area contributed by atoms with Gasteiger partial charge in [0, 0.05) is 25.1 Å². The van der Waals surface area contributed by atoms with Crippen molar-refractivity contribution < 1.29 is 36.6 Å². The number of aliphatic hydroxyl groups is 1. The zero-order valence-electron chi connectivity index (χ0n) is 20.7. The van der Waals surface area contributed by atoms with Gasteiger partial charge in [0.2, 0.25) is 0 Å². The van der Waals surface area contributed by atoms with Gasteiger partial charge in [-0.1, -0.05) is 38.8 Å². The molecule has 206 valence electrons. The maximum absolute atomic E-state index is 13.2. The van der Waals surface area contributed by atoms with Crippen molar-refractivity contribution >= 4 is 17.5 Å². The summed E-state index contributed by atoms with van der Waals surface area (Å²) in [4.78, 5) is 21.2. The molecule has 1 unspecified atom stereocenters. The molecule has 2 heterocycles. The van der Waals surface area contributed by atoms with E-state index in [1.807, 2.05) is 0 Å². The van der Waals surface area contributed by atoms with Crippen molar-refractivity contribution in [1.82, 2.24) is 19.9 Å². The second-order valence-corrected chi connectivity index (χ2v) is 9.86. The minimum absolute atomic E-state index is 0.0387. The minimum atomic E-state index is -4.47. The molecule has 4 atom stereocenters. The molecule has 7 nitrogen and oxygen atoms in total. The third kappa shape index (κ3) is 7.10. The van der Waals surface area contributed by atoms with Crippen molar-refractivity contribution in [2.24, 2.45) is 17.8 Å². The second-order valence-electron chi connectivity index (χ2n) is 9.50. The summed E-state index contributed by atoms with van der Waals surface area (Å²) in [7, 11) is 0. The van der Waals surface area contributed by atoms with Crippen molar-refractivity contribution in [3.63, 3.8) is 0 Å². The van der Waals surface area contributed by atoms with Crippen LogP contribution in [0.1, 0.15) is 61.9 Å². The molecule has 1 amide bonds. The Morgan fingerprint density at radius 1 is 1.35 bits per heavy atom. The van der Waals surface area contributed by atoms with E-state index in [9.17, 15) is 31.9 Å². The van der Waals surface area contributed by atoms with Crippen molar-refractivity contribution in [1.29, 1.82) is 0 Å². The average Bonchev–Trinajstić information content (AvgIpc) is 3.13. The molecule has 1 saturated carbocycles.